The number of aromatic nitrogens is 2. The van der Waals surface area contributed by atoms with Crippen molar-refractivity contribution in [3.63, 3.8) is 0 Å². The highest BCUT2D eigenvalue weighted by Crippen LogP contribution is 2.27. The quantitative estimate of drug-likeness (QED) is 0.372. The van der Waals surface area contributed by atoms with Crippen LogP contribution in [0.3, 0.4) is 0 Å². The van der Waals surface area contributed by atoms with Gasteiger partial charge in [0.1, 0.15) is 5.58 Å². The molecule has 0 amide bonds. The van der Waals surface area contributed by atoms with Crippen LogP contribution in [0.4, 0.5) is 4.39 Å². The van der Waals surface area contributed by atoms with E-state index in [9.17, 15) is 9.18 Å². The average Bonchev–Trinajstić information content (AvgIpc) is 2.66. The molecule has 0 saturated heterocycles. The molecule has 0 aliphatic rings. The molecule has 142 valence electrons. The summed E-state index contributed by atoms with van der Waals surface area (Å²) in [5.74, 6) is -0.224. The van der Waals surface area contributed by atoms with Gasteiger partial charge in [-0.25, -0.2) is 9.97 Å². The predicted molar refractivity (Wildman–Crippen MR) is 106 cm³/mol. The molecule has 1 aromatic carbocycles. The molecule has 3 heterocycles. The van der Waals surface area contributed by atoms with Gasteiger partial charge in [-0.3, -0.25) is 4.79 Å². The van der Waals surface area contributed by atoms with E-state index in [1.807, 2.05) is 0 Å². The molecule has 0 N–H and O–H groups in total. The van der Waals surface area contributed by atoms with Crippen molar-refractivity contribution in [1.29, 1.82) is 0 Å². The summed E-state index contributed by atoms with van der Waals surface area (Å²) in [6.07, 6.45) is 2.87. The van der Waals surface area contributed by atoms with Crippen LogP contribution in [0.15, 0.2) is 58.0 Å². The zero-order chi connectivity index (χ0) is 19.9. The van der Waals surface area contributed by atoms with Crippen LogP contribution in [0.5, 0.6) is 5.88 Å². The summed E-state index contributed by atoms with van der Waals surface area (Å²) in [5.41, 5.74) is 1.42. The molecule has 0 spiro atoms. The fraction of sp³-hybridized carbons (Fsp3) is 0.227. The van der Waals surface area contributed by atoms with Gasteiger partial charge in [-0.15, -0.1) is 0 Å². The van der Waals surface area contributed by atoms with Gasteiger partial charge in [0.25, 0.3) is 0 Å². The average molecular weight is 378 g/mol. The number of halogens is 1. The summed E-state index contributed by atoms with van der Waals surface area (Å²) in [6.45, 7) is 6.62. The maximum atomic E-state index is 14.0. The maximum absolute atomic E-state index is 14.0. The monoisotopic (exact) mass is 378 g/mol. The van der Waals surface area contributed by atoms with E-state index in [0.29, 0.717) is 45.6 Å². The molecule has 6 heteroatoms. The number of fused-ring (bicyclic) bond motifs is 2. The first-order valence-electron chi connectivity index (χ1n) is 8.92. The molecule has 0 bridgehead atoms. The molecule has 0 radical (unpaired) electrons. The number of nitrogens with zero attached hydrogens (tertiary/aromatic N) is 2. The Kier molecular flexibility index (Phi) is 4.34. The molecule has 4 rings (SSSR count). The smallest absolute Gasteiger partial charge is 0.220 e. The number of hydrogen-bond acceptors (Lipinski definition) is 5. The van der Waals surface area contributed by atoms with Crippen molar-refractivity contribution in [1.82, 2.24) is 9.97 Å². The Morgan fingerprint density at radius 1 is 1.07 bits per heavy atom. The summed E-state index contributed by atoms with van der Waals surface area (Å²) in [7, 11) is 0. The van der Waals surface area contributed by atoms with Crippen LogP contribution in [0.2, 0.25) is 0 Å². The normalized spacial score (nSPS) is 11.9. The Balaban J connectivity index is 1.84. The molecule has 0 unspecified atom stereocenters. The number of pyridine rings is 2. The first kappa shape index (κ1) is 18.1. The Labute approximate surface area is 160 Å². The number of rotatable bonds is 3. The van der Waals surface area contributed by atoms with Crippen molar-refractivity contribution in [3.8, 4) is 17.0 Å². The molecule has 0 aliphatic heterocycles. The van der Waals surface area contributed by atoms with Gasteiger partial charge < -0.3 is 9.15 Å². The number of hydrogen-bond donors (Lipinski definition) is 0. The summed E-state index contributed by atoms with van der Waals surface area (Å²) in [5, 5.41) is 0.733. The molecule has 0 saturated carbocycles. The van der Waals surface area contributed by atoms with Gasteiger partial charge in [-0.1, -0.05) is 26.8 Å². The van der Waals surface area contributed by atoms with Gasteiger partial charge in [-0.05, 0) is 35.2 Å². The molecule has 3 aromatic heterocycles. The molecule has 0 atom stereocenters. The third kappa shape index (κ3) is 3.45. The standard InChI is InChI=1S/C22H19FN2O3/c1-22(2,3)12-27-19-10-16-18(11-25-19)28-17-7-6-13(9-15(17)20(16)26)14-5-4-8-24-21(14)23/h4-11H,12H2,1-3H3. The summed E-state index contributed by atoms with van der Waals surface area (Å²) in [6, 6.07) is 9.83. The molecule has 0 fully saturated rings. The lowest BCUT2D eigenvalue weighted by molar-refractivity contribution is 0.191. The highest BCUT2D eigenvalue weighted by Gasteiger charge is 2.15. The first-order chi connectivity index (χ1) is 13.3. The van der Waals surface area contributed by atoms with Crippen LogP contribution in [-0.2, 0) is 0 Å². The van der Waals surface area contributed by atoms with E-state index in [-0.39, 0.29) is 10.8 Å². The maximum Gasteiger partial charge on any atom is 0.220 e. The van der Waals surface area contributed by atoms with Crippen LogP contribution in [0.1, 0.15) is 20.8 Å². The van der Waals surface area contributed by atoms with Gasteiger partial charge in [-0.2, -0.15) is 4.39 Å². The van der Waals surface area contributed by atoms with Gasteiger partial charge in [0.2, 0.25) is 17.3 Å². The second-order valence-electron chi connectivity index (χ2n) is 7.85. The topological polar surface area (TPSA) is 65.2 Å². The third-order valence-corrected chi connectivity index (χ3v) is 4.25. The first-order valence-corrected chi connectivity index (χ1v) is 8.92. The van der Waals surface area contributed by atoms with Crippen molar-refractivity contribution >= 4 is 21.9 Å². The van der Waals surface area contributed by atoms with Crippen LogP contribution < -0.4 is 10.2 Å². The lowest BCUT2D eigenvalue weighted by atomic mass is 9.99. The Morgan fingerprint density at radius 2 is 1.86 bits per heavy atom. The number of benzene rings is 1. The largest absolute Gasteiger partial charge is 0.477 e. The SMILES string of the molecule is CC(C)(C)COc1cc2c(=O)c3cc(-c4cccnc4F)ccc3oc2cn1. The lowest BCUT2D eigenvalue weighted by Gasteiger charge is -2.18. The van der Waals surface area contributed by atoms with Gasteiger partial charge in [0.05, 0.1) is 23.6 Å². The van der Waals surface area contributed by atoms with Gasteiger partial charge >= 0.3 is 0 Å². The molecular formula is C22H19FN2O3. The summed E-state index contributed by atoms with van der Waals surface area (Å²) in [4.78, 5) is 20.9. The van der Waals surface area contributed by atoms with Gasteiger partial charge in [0.15, 0.2) is 5.58 Å². The van der Waals surface area contributed by atoms with Crippen molar-refractivity contribution in [2.24, 2.45) is 5.41 Å². The van der Waals surface area contributed by atoms with Crippen LogP contribution >= 0.6 is 0 Å². The van der Waals surface area contributed by atoms with E-state index >= 15 is 0 Å². The van der Waals surface area contributed by atoms with Crippen molar-refractivity contribution in [2.75, 3.05) is 6.61 Å². The van der Waals surface area contributed by atoms with Gasteiger partial charge in [0, 0.05) is 17.8 Å². The van der Waals surface area contributed by atoms with E-state index in [2.05, 4.69) is 30.7 Å². The minimum absolute atomic E-state index is 0.0343. The van der Waals surface area contributed by atoms with E-state index < -0.39 is 5.95 Å². The summed E-state index contributed by atoms with van der Waals surface area (Å²) >= 11 is 0. The van der Waals surface area contributed by atoms with Crippen molar-refractivity contribution in [2.45, 2.75) is 20.8 Å². The lowest BCUT2D eigenvalue weighted by Crippen LogP contribution is -2.17. The zero-order valence-corrected chi connectivity index (χ0v) is 15.8. The minimum Gasteiger partial charge on any atom is -0.477 e. The highest BCUT2D eigenvalue weighted by molar-refractivity contribution is 5.92. The fourth-order valence-corrected chi connectivity index (χ4v) is 2.88. The van der Waals surface area contributed by atoms with E-state index in [4.69, 9.17) is 9.15 Å². The second-order valence-corrected chi connectivity index (χ2v) is 7.85. The second kappa shape index (κ2) is 6.71. The van der Waals surface area contributed by atoms with E-state index in [1.165, 1.54) is 12.4 Å². The van der Waals surface area contributed by atoms with E-state index in [1.54, 1.807) is 36.4 Å². The van der Waals surface area contributed by atoms with Crippen LogP contribution in [0.25, 0.3) is 33.1 Å². The molecule has 28 heavy (non-hydrogen) atoms. The van der Waals surface area contributed by atoms with Crippen molar-refractivity contribution in [3.05, 3.63) is 65.0 Å². The Morgan fingerprint density at radius 3 is 2.61 bits per heavy atom. The Bertz CT molecular complexity index is 1240. The van der Waals surface area contributed by atoms with E-state index in [0.717, 1.165) is 0 Å². The number of ether oxygens (including phenoxy) is 1. The third-order valence-electron chi connectivity index (χ3n) is 4.25. The predicted octanol–water partition coefficient (Wildman–Crippen LogP) is 4.97. The van der Waals surface area contributed by atoms with Crippen molar-refractivity contribution < 1.29 is 13.5 Å². The fourth-order valence-electron chi connectivity index (χ4n) is 2.88. The molecular weight excluding hydrogens is 359 g/mol. The minimum atomic E-state index is -0.589. The van der Waals surface area contributed by atoms with Crippen LogP contribution in [0, 0.1) is 11.4 Å². The highest BCUT2D eigenvalue weighted by atomic mass is 19.1. The molecule has 0 aliphatic carbocycles. The molecule has 5 nitrogen and oxygen atoms in total. The summed E-state index contributed by atoms with van der Waals surface area (Å²) < 4.78 is 25.6. The zero-order valence-electron chi connectivity index (χ0n) is 15.8. The molecule has 4 aromatic rings. The van der Waals surface area contributed by atoms with Crippen LogP contribution in [-0.4, -0.2) is 16.6 Å². The Hall–Kier alpha value is -3.28.